The van der Waals surface area contributed by atoms with E-state index >= 15 is 0 Å². The van der Waals surface area contributed by atoms with Crippen LogP contribution in [0.1, 0.15) is 38.2 Å². The Morgan fingerprint density at radius 3 is 2.74 bits per heavy atom. The van der Waals surface area contributed by atoms with Crippen LogP contribution in [0.5, 0.6) is 11.5 Å². The Bertz CT molecular complexity index is 786. The van der Waals surface area contributed by atoms with E-state index < -0.39 is 12.6 Å². The number of rotatable bonds is 7. The molecule has 2 aliphatic rings. The molecule has 0 aromatic heterocycles. The van der Waals surface area contributed by atoms with Crippen LogP contribution in [-0.2, 0) is 9.59 Å². The summed E-state index contributed by atoms with van der Waals surface area (Å²) in [5, 5.41) is 8.78. The van der Waals surface area contributed by atoms with Gasteiger partial charge in [0.05, 0.1) is 11.5 Å². The van der Waals surface area contributed by atoms with E-state index in [0.29, 0.717) is 27.3 Å². The molecule has 0 radical (unpaired) electrons. The minimum absolute atomic E-state index is 0.0407. The van der Waals surface area contributed by atoms with Crippen LogP contribution in [0.2, 0.25) is 0 Å². The van der Waals surface area contributed by atoms with Crippen molar-refractivity contribution in [2.75, 3.05) is 13.2 Å². The van der Waals surface area contributed by atoms with Crippen molar-refractivity contribution < 1.29 is 24.2 Å². The minimum atomic E-state index is -1.06. The van der Waals surface area contributed by atoms with Gasteiger partial charge in [-0.05, 0) is 43.5 Å². The molecule has 1 aromatic rings. The summed E-state index contributed by atoms with van der Waals surface area (Å²) in [6, 6.07) is 5.37. The molecule has 0 unspecified atom stereocenters. The molecule has 27 heavy (non-hydrogen) atoms. The number of thioether (sulfide) groups is 1. The van der Waals surface area contributed by atoms with Gasteiger partial charge in [0.2, 0.25) is 0 Å². The lowest BCUT2D eigenvalue weighted by Crippen LogP contribution is -2.36. The lowest BCUT2D eigenvalue weighted by atomic mass is 10.1. The Kier molecular flexibility index (Phi) is 6.38. The smallest absolute Gasteiger partial charge is 0.341 e. The van der Waals surface area contributed by atoms with Gasteiger partial charge in [-0.2, -0.15) is 0 Å². The molecule has 6 nitrogen and oxygen atoms in total. The first-order valence-corrected chi connectivity index (χ1v) is 10.1. The molecule has 1 aromatic carbocycles. The monoisotopic (exact) mass is 407 g/mol. The molecule has 0 spiro atoms. The molecule has 0 bridgehead atoms. The summed E-state index contributed by atoms with van der Waals surface area (Å²) >= 11 is 6.74. The summed E-state index contributed by atoms with van der Waals surface area (Å²) in [5.74, 6) is -0.299. The molecule has 2 fully saturated rings. The first-order valence-electron chi connectivity index (χ1n) is 8.88. The molecule has 1 aliphatic carbocycles. The number of carbonyl (C=O) groups excluding carboxylic acids is 1. The van der Waals surface area contributed by atoms with Crippen LogP contribution in [0, 0.1) is 0 Å². The zero-order chi connectivity index (χ0) is 19.4. The molecule has 3 rings (SSSR count). The second-order valence-corrected chi connectivity index (χ2v) is 7.99. The van der Waals surface area contributed by atoms with Crippen molar-refractivity contribution in [1.29, 1.82) is 0 Å². The quantitative estimate of drug-likeness (QED) is 0.546. The average molecular weight is 408 g/mol. The maximum absolute atomic E-state index is 12.8. The number of hydrogen-bond acceptors (Lipinski definition) is 6. The summed E-state index contributed by atoms with van der Waals surface area (Å²) in [5.41, 5.74) is 0.771. The highest BCUT2D eigenvalue weighted by molar-refractivity contribution is 8.26. The fourth-order valence-corrected chi connectivity index (χ4v) is 4.65. The van der Waals surface area contributed by atoms with Crippen LogP contribution in [-0.4, -0.2) is 45.5 Å². The molecule has 8 heteroatoms. The van der Waals surface area contributed by atoms with Gasteiger partial charge >= 0.3 is 5.97 Å². The second kappa shape index (κ2) is 8.75. The Morgan fingerprint density at radius 1 is 1.33 bits per heavy atom. The normalized spacial score (nSPS) is 19.1. The summed E-state index contributed by atoms with van der Waals surface area (Å²) in [4.78, 5) is 25.9. The maximum atomic E-state index is 12.8. The Labute approximate surface area is 167 Å². The summed E-state index contributed by atoms with van der Waals surface area (Å²) < 4.78 is 11.4. The van der Waals surface area contributed by atoms with E-state index in [0.717, 1.165) is 31.2 Å². The van der Waals surface area contributed by atoms with Gasteiger partial charge in [-0.15, -0.1) is 0 Å². The van der Waals surface area contributed by atoms with Crippen LogP contribution >= 0.6 is 24.0 Å². The van der Waals surface area contributed by atoms with E-state index in [1.807, 2.05) is 6.92 Å². The number of thiocarbonyl (C=S) groups is 1. The number of carboxylic acids is 1. The zero-order valence-corrected chi connectivity index (χ0v) is 16.6. The first kappa shape index (κ1) is 19.7. The number of aliphatic carboxylic acids is 1. The van der Waals surface area contributed by atoms with Crippen LogP contribution in [0.25, 0.3) is 6.08 Å². The van der Waals surface area contributed by atoms with Crippen molar-refractivity contribution in [1.82, 2.24) is 4.90 Å². The van der Waals surface area contributed by atoms with Crippen LogP contribution in [0.3, 0.4) is 0 Å². The van der Waals surface area contributed by atoms with Gasteiger partial charge in [-0.3, -0.25) is 9.69 Å². The number of carboxylic acid groups (broad SMARTS) is 1. The molecule has 1 saturated carbocycles. The van der Waals surface area contributed by atoms with E-state index in [1.54, 1.807) is 29.2 Å². The van der Waals surface area contributed by atoms with Crippen molar-refractivity contribution in [3.05, 3.63) is 28.7 Å². The molecular weight excluding hydrogens is 386 g/mol. The molecule has 1 amide bonds. The minimum Gasteiger partial charge on any atom is -0.490 e. The lowest BCUT2D eigenvalue weighted by Gasteiger charge is -2.21. The first-order chi connectivity index (χ1) is 13.0. The third kappa shape index (κ3) is 4.62. The third-order valence-corrected chi connectivity index (χ3v) is 5.76. The fraction of sp³-hybridized carbons (Fsp3) is 0.421. The van der Waals surface area contributed by atoms with Gasteiger partial charge in [-0.1, -0.05) is 42.9 Å². The summed E-state index contributed by atoms with van der Waals surface area (Å²) in [7, 11) is 0. The van der Waals surface area contributed by atoms with Crippen molar-refractivity contribution in [2.45, 2.75) is 38.6 Å². The summed E-state index contributed by atoms with van der Waals surface area (Å²) in [6.45, 7) is 1.80. The topological polar surface area (TPSA) is 76.1 Å². The van der Waals surface area contributed by atoms with Crippen LogP contribution < -0.4 is 9.47 Å². The molecule has 1 N–H and O–H groups in total. The van der Waals surface area contributed by atoms with E-state index in [1.165, 1.54) is 11.8 Å². The molecule has 1 aliphatic heterocycles. The van der Waals surface area contributed by atoms with Gasteiger partial charge in [0.15, 0.2) is 18.1 Å². The number of ether oxygens (including phenoxy) is 2. The standard InChI is InChI=1S/C19H21NO5S2/c1-2-24-15-9-12(7-8-14(15)25-11-17(21)22)10-16-18(23)20(19(26)27-16)13-5-3-4-6-13/h7-10,13H,2-6,11H2,1H3,(H,21,22)/b16-10+. The van der Waals surface area contributed by atoms with Crippen molar-refractivity contribution in [3.63, 3.8) is 0 Å². The Morgan fingerprint density at radius 2 is 2.07 bits per heavy atom. The van der Waals surface area contributed by atoms with E-state index in [2.05, 4.69) is 0 Å². The SMILES string of the molecule is CCOc1cc(/C=C2/SC(=S)N(C3CCCC3)C2=O)ccc1OCC(=O)O. The van der Waals surface area contributed by atoms with Gasteiger partial charge in [0.25, 0.3) is 5.91 Å². The number of amides is 1. The molecule has 1 heterocycles. The summed E-state index contributed by atoms with van der Waals surface area (Å²) in [6.07, 6.45) is 6.07. The predicted octanol–water partition coefficient (Wildman–Crippen LogP) is 3.69. The highest BCUT2D eigenvalue weighted by Crippen LogP contribution is 2.38. The van der Waals surface area contributed by atoms with E-state index in [-0.39, 0.29) is 11.9 Å². The predicted molar refractivity (Wildman–Crippen MR) is 108 cm³/mol. The van der Waals surface area contributed by atoms with Gasteiger partial charge in [0.1, 0.15) is 4.32 Å². The molecule has 0 atom stereocenters. The van der Waals surface area contributed by atoms with Crippen molar-refractivity contribution in [3.8, 4) is 11.5 Å². The van der Waals surface area contributed by atoms with Gasteiger partial charge in [-0.25, -0.2) is 4.79 Å². The molecule has 144 valence electrons. The number of hydrogen-bond donors (Lipinski definition) is 1. The van der Waals surface area contributed by atoms with Gasteiger partial charge < -0.3 is 14.6 Å². The van der Waals surface area contributed by atoms with E-state index in [4.69, 9.17) is 26.8 Å². The second-order valence-electron chi connectivity index (χ2n) is 6.31. The maximum Gasteiger partial charge on any atom is 0.341 e. The van der Waals surface area contributed by atoms with Crippen molar-refractivity contribution >= 4 is 46.3 Å². The lowest BCUT2D eigenvalue weighted by molar-refractivity contribution is -0.139. The Balaban J connectivity index is 1.81. The average Bonchev–Trinajstić information content (AvgIpc) is 3.23. The fourth-order valence-electron chi connectivity index (χ4n) is 3.25. The van der Waals surface area contributed by atoms with Gasteiger partial charge in [0, 0.05) is 6.04 Å². The zero-order valence-electron chi connectivity index (χ0n) is 15.0. The largest absolute Gasteiger partial charge is 0.490 e. The van der Waals surface area contributed by atoms with Crippen molar-refractivity contribution in [2.24, 2.45) is 0 Å². The number of carbonyl (C=O) groups is 2. The highest BCUT2D eigenvalue weighted by Gasteiger charge is 2.38. The third-order valence-electron chi connectivity index (χ3n) is 4.43. The van der Waals surface area contributed by atoms with Crippen LogP contribution in [0.15, 0.2) is 23.1 Å². The highest BCUT2D eigenvalue weighted by atomic mass is 32.2. The number of nitrogens with zero attached hydrogens (tertiary/aromatic N) is 1. The van der Waals surface area contributed by atoms with Crippen LogP contribution in [0.4, 0.5) is 0 Å². The molecule has 1 saturated heterocycles. The Hall–Kier alpha value is -2.06. The number of benzene rings is 1. The molecular formula is C19H21NO5S2. The van der Waals surface area contributed by atoms with E-state index in [9.17, 15) is 9.59 Å².